The van der Waals surface area contributed by atoms with Crippen LogP contribution in [0.4, 0.5) is 10.5 Å². The van der Waals surface area contributed by atoms with Crippen molar-refractivity contribution >= 4 is 33.4 Å². The van der Waals surface area contributed by atoms with Crippen LogP contribution in [0.2, 0.25) is 0 Å². The molecule has 2 saturated heterocycles. The Kier molecular flexibility index (Phi) is 8.84. The quantitative estimate of drug-likeness (QED) is 0.197. The fraction of sp³-hybridized carbons (Fsp3) is 0.444. The minimum Gasteiger partial charge on any atom is -0.497 e. The summed E-state index contributed by atoms with van der Waals surface area (Å²) >= 11 is 0. The first-order valence-corrected chi connectivity index (χ1v) is 14.4. The van der Waals surface area contributed by atoms with Gasteiger partial charge in [0.05, 0.1) is 37.5 Å². The second-order valence-corrected chi connectivity index (χ2v) is 11.4. The topological polar surface area (TPSA) is 152 Å². The van der Waals surface area contributed by atoms with Crippen molar-refractivity contribution in [3.8, 4) is 17.2 Å². The number of likely N-dealkylation sites (tertiary alicyclic amines) is 1. The van der Waals surface area contributed by atoms with Gasteiger partial charge in [0.2, 0.25) is 0 Å². The fourth-order valence-corrected chi connectivity index (χ4v) is 6.01. The van der Waals surface area contributed by atoms with Crippen LogP contribution in [0.15, 0.2) is 41.3 Å². The molecule has 2 aliphatic rings. The summed E-state index contributed by atoms with van der Waals surface area (Å²) in [5, 5.41) is 5.06. The van der Waals surface area contributed by atoms with E-state index in [1.165, 1.54) is 45.6 Å². The van der Waals surface area contributed by atoms with Crippen molar-refractivity contribution in [2.75, 3.05) is 45.7 Å². The zero-order chi connectivity index (χ0) is 28.9. The van der Waals surface area contributed by atoms with E-state index in [-0.39, 0.29) is 45.8 Å². The molecule has 0 aliphatic carbocycles. The Morgan fingerprint density at radius 3 is 2.23 bits per heavy atom. The predicted octanol–water partition coefficient (Wildman–Crippen LogP) is 2.54. The first kappa shape index (κ1) is 29.2. The van der Waals surface area contributed by atoms with E-state index in [0.29, 0.717) is 38.1 Å². The molecular formula is C27H34N4O8S. The van der Waals surface area contributed by atoms with Gasteiger partial charge in [-0.3, -0.25) is 19.6 Å². The van der Waals surface area contributed by atoms with Crippen molar-refractivity contribution < 1.29 is 37.0 Å². The molecule has 40 heavy (non-hydrogen) atoms. The van der Waals surface area contributed by atoms with Crippen molar-refractivity contribution in [1.29, 1.82) is 0 Å². The van der Waals surface area contributed by atoms with Crippen molar-refractivity contribution in [3.05, 3.63) is 42.0 Å². The highest BCUT2D eigenvalue weighted by Gasteiger charge is 2.47. The molecule has 4 rings (SSSR count). The molecule has 3 N–H and O–H groups in total. The lowest BCUT2D eigenvalue weighted by Gasteiger charge is -2.36. The summed E-state index contributed by atoms with van der Waals surface area (Å²) in [6.07, 6.45) is 2.69. The number of carbonyl (C=O) groups is 3. The number of hydrogen-bond donors (Lipinski definition) is 3. The highest BCUT2D eigenvalue weighted by atomic mass is 32.2. The summed E-state index contributed by atoms with van der Waals surface area (Å²) in [5.41, 5.74) is -0.437. The van der Waals surface area contributed by atoms with Gasteiger partial charge in [-0.05, 0) is 62.6 Å². The molecule has 1 spiro atoms. The first-order valence-electron chi connectivity index (χ1n) is 12.9. The van der Waals surface area contributed by atoms with Crippen LogP contribution in [0.25, 0.3) is 0 Å². The molecule has 0 bridgehead atoms. The number of urea groups is 1. The Morgan fingerprint density at radius 1 is 0.975 bits per heavy atom. The molecule has 3 amide bonds. The van der Waals surface area contributed by atoms with Gasteiger partial charge in [-0.1, -0.05) is 0 Å². The monoisotopic (exact) mass is 574 g/mol. The number of nitrogens with zero attached hydrogens (tertiary/aromatic N) is 1. The van der Waals surface area contributed by atoms with Crippen LogP contribution in [0, 0.1) is 0 Å². The van der Waals surface area contributed by atoms with Crippen molar-refractivity contribution in [3.63, 3.8) is 0 Å². The highest BCUT2D eigenvalue weighted by Crippen LogP contribution is 2.35. The number of anilines is 1. The number of ether oxygens (including phenoxy) is 3. The summed E-state index contributed by atoms with van der Waals surface area (Å²) in [6.45, 7) is 2.10. The summed E-state index contributed by atoms with van der Waals surface area (Å²) in [6, 6.07) is 8.41. The normalized spacial score (nSPS) is 16.8. The summed E-state index contributed by atoms with van der Waals surface area (Å²) in [5.74, 6) is 0.565. The number of ketones is 1. The highest BCUT2D eigenvalue weighted by molar-refractivity contribution is 7.92. The maximum atomic E-state index is 13.2. The number of carbonyl (C=O) groups excluding carboxylic acids is 3. The van der Waals surface area contributed by atoms with Gasteiger partial charge in [0, 0.05) is 25.6 Å². The molecule has 216 valence electrons. The smallest absolute Gasteiger partial charge is 0.322 e. The predicted molar refractivity (Wildman–Crippen MR) is 147 cm³/mol. The molecule has 2 heterocycles. The average molecular weight is 575 g/mol. The standard InChI is InChI=1S/C27H34N4O8S/c1-37-18-7-9-19(10-8-18)40(35,36)30-21-16-20(23(38-2)17-24(21)39-3)22(32)6-4-5-13-31-14-11-27(12-15-31)25(33)28-26(34)29-27/h7-10,16-17,30H,4-6,11-15H2,1-3H3,(H2,28,29,33,34). The number of methoxy groups -OCH3 is 3. The molecule has 0 aromatic heterocycles. The van der Waals surface area contributed by atoms with E-state index < -0.39 is 21.6 Å². The van der Waals surface area contributed by atoms with Gasteiger partial charge >= 0.3 is 6.03 Å². The van der Waals surface area contributed by atoms with Crippen LogP contribution >= 0.6 is 0 Å². The number of rotatable bonds is 12. The van der Waals surface area contributed by atoms with Crippen LogP contribution in [-0.2, 0) is 14.8 Å². The number of Topliss-reactive ketones (excluding diaryl/α,β-unsaturated/α-hetero) is 1. The SMILES string of the molecule is COc1ccc(S(=O)(=O)Nc2cc(C(=O)CCCCN3CCC4(CC3)NC(=O)NC4=O)c(OC)cc2OC)cc1. The molecule has 2 aliphatic heterocycles. The number of nitrogens with one attached hydrogen (secondary N) is 3. The zero-order valence-corrected chi connectivity index (χ0v) is 23.6. The number of benzene rings is 2. The third-order valence-electron chi connectivity index (χ3n) is 7.29. The van der Waals surface area contributed by atoms with Crippen molar-refractivity contribution in [2.45, 2.75) is 42.5 Å². The number of unbranched alkanes of at least 4 members (excludes halogenated alkanes) is 1. The summed E-state index contributed by atoms with van der Waals surface area (Å²) < 4.78 is 44.4. The Bertz CT molecular complexity index is 1370. The zero-order valence-electron chi connectivity index (χ0n) is 22.7. The molecule has 2 fully saturated rings. The van der Waals surface area contributed by atoms with Gasteiger partial charge in [0.1, 0.15) is 22.8 Å². The number of sulfonamides is 1. The van der Waals surface area contributed by atoms with Crippen molar-refractivity contribution in [2.24, 2.45) is 0 Å². The summed E-state index contributed by atoms with van der Waals surface area (Å²) in [7, 11) is 0.351. The second kappa shape index (κ2) is 12.1. The number of amides is 3. The van der Waals surface area contributed by atoms with Crippen LogP contribution in [0.1, 0.15) is 42.5 Å². The Hall–Kier alpha value is -3.84. The molecule has 13 heteroatoms. The van der Waals surface area contributed by atoms with E-state index in [1.807, 2.05) is 0 Å². The average Bonchev–Trinajstić information content (AvgIpc) is 3.23. The van der Waals surface area contributed by atoms with Crippen LogP contribution in [-0.4, -0.2) is 77.5 Å². The number of imide groups is 1. The van der Waals surface area contributed by atoms with Gasteiger partial charge in [-0.25, -0.2) is 13.2 Å². The Balaban J connectivity index is 1.37. The van der Waals surface area contributed by atoms with Gasteiger partial charge in [-0.15, -0.1) is 0 Å². The van der Waals surface area contributed by atoms with E-state index in [1.54, 1.807) is 12.1 Å². The molecule has 0 atom stereocenters. The van der Waals surface area contributed by atoms with E-state index in [4.69, 9.17) is 14.2 Å². The second-order valence-electron chi connectivity index (χ2n) is 9.75. The van der Waals surface area contributed by atoms with E-state index >= 15 is 0 Å². The molecule has 0 saturated carbocycles. The van der Waals surface area contributed by atoms with Crippen LogP contribution in [0.3, 0.4) is 0 Å². The molecule has 2 aromatic rings. The lowest BCUT2D eigenvalue weighted by atomic mass is 9.87. The first-order chi connectivity index (χ1) is 19.1. The third-order valence-corrected chi connectivity index (χ3v) is 8.67. The molecule has 0 unspecified atom stereocenters. The Labute approximate surface area is 233 Å². The third kappa shape index (κ3) is 6.31. The molecule has 12 nitrogen and oxygen atoms in total. The lowest BCUT2D eigenvalue weighted by Crippen LogP contribution is -2.54. The maximum Gasteiger partial charge on any atom is 0.322 e. The van der Waals surface area contributed by atoms with Gasteiger partial charge in [0.15, 0.2) is 5.78 Å². The van der Waals surface area contributed by atoms with Gasteiger partial charge in [0.25, 0.3) is 15.9 Å². The maximum absolute atomic E-state index is 13.2. The largest absolute Gasteiger partial charge is 0.497 e. The minimum absolute atomic E-state index is 0.0265. The van der Waals surface area contributed by atoms with E-state index in [0.717, 1.165) is 13.0 Å². The van der Waals surface area contributed by atoms with Crippen LogP contribution in [0.5, 0.6) is 17.2 Å². The van der Waals surface area contributed by atoms with E-state index in [9.17, 15) is 22.8 Å². The van der Waals surface area contributed by atoms with Crippen LogP contribution < -0.4 is 29.6 Å². The minimum atomic E-state index is -3.97. The lowest BCUT2D eigenvalue weighted by molar-refractivity contribution is -0.125. The molecule has 0 radical (unpaired) electrons. The molecule has 2 aromatic carbocycles. The Morgan fingerprint density at radius 2 is 1.65 bits per heavy atom. The van der Waals surface area contributed by atoms with Crippen molar-refractivity contribution in [1.82, 2.24) is 15.5 Å². The molecular weight excluding hydrogens is 540 g/mol. The van der Waals surface area contributed by atoms with Gasteiger partial charge in [-0.2, -0.15) is 0 Å². The number of piperidine rings is 1. The van der Waals surface area contributed by atoms with Gasteiger partial charge < -0.3 is 24.4 Å². The summed E-state index contributed by atoms with van der Waals surface area (Å²) in [4.78, 5) is 39.0. The van der Waals surface area contributed by atoms with E-state index in [2.05, 4.69) is 20.3 Å². The number of hydrogen-bond acceptors (Lipinski definition) is 9. The fourth-order valence-electron chi connectivity index (χ4n) is 4.95.